The van der Waals surface area contributed by atoms with Crippen molar-refractivity contribution in [1.82, 2.24) is 5.32 Å². The number of hydrogen-bond donors (Lipinski definition) is 2. The van der Waals surface area contributed by atoms with E-state index in [2.05, 4.69) is 11.9 Å². The van der Waals surface area contributed by atoms with Crippen LogP contribution in [0.4, 0.5) is 0 Å². The molecular weight excluding hydrogens is 258 g/mol. The lowest BCUT2D eigenvalue weighted by Crippen LogP contribution is -2.41. The number of carboxylic acid groups (broad SMARTS) is 1. The molecule has 5 nitrogen and oxygen atoms in total. The maximum absolute atomic E-state index is 11.9. The van der Waals surface area contributed by atoms with Gasteiger partial charge in [0.2, 0.25) is 5.91 Å². The molecule has 1 atom stereocenters. The number of amides is 1. The predicted octanol–water partition coefficient (Wildman–Crippen LogP) is 1.77. The summed E-state index contributed by atoms with van der Waals surface area (Å²) in [5.74, 6) is -0.771. The van der Waals surface area contributed by atoms with Gasteiger partial charge in [0.1, 0.15) is 11.8 Å². The van der Waals surface area contributed by atoms with E-state index in [1.807, 2.05) is 6.07 Å². The molecular formula is C15H19NO4. The minimum Gasteiger partial charge on any atom is -0.496 e. The van der Waals surface area contributed by atoms with Crippen LogP contribution in [0.3, 0.4) is 0 Å². The fraction of sp³-hybridized carbons (Fsp3) is 0.333. The molecule has 1 amide bonds. The van der Waals surface area contributed by atoms with Gasteiger partial charge in [-0.15, -0.1) is 6.58 Å². The predicted molar refractivity (Wildman–Crippen MR) is 75.7 cm³/mol. The van der Waals surface area contributed by atoms with Gasteiger partial charge < -0.3 is 15.2 Å². The number of carbonyl (C=O) groups is 2. The van der Waals surface area contributed by atoms with E-state index in [-0.39, 0.29) is 12.3 Å². The highest BCUT2D eigenvalue weighted by Gasteiger charge is 2.19. The summed E-state index contributed by atoms with van der Waals surface area (Å²) in [4.78, 5) is 22.9. The summed E-state index contributed by atoms with van der Waals surface area (Å²) in [6.45, 7) is 3.54. The third-order valence-electron chi connectivity index (χ3n) is 2.84. The molecule has 0 bridgehead atoms. The Bertz CT molecular complexity index is 485. The molecule has 20 heavy (non-hydrogen) atoms. The zero-order valence-corrected chi connectivity index (χ0v) is 11.5. The zero-order valence-electron chi connectivity index (χ0n) is 11.5. The van der Waals surface area contributed by atoms with Crippen LogP contribution in [0.2, 0.25) is 0 Å². The number of rotatable bonds is 8. The van der Waals surface area contributed by atoms with E-state index in [0.717, 1.165) is 5.56 Å². The van der Waals surface area contributed by atoms with E-state index in [0.29, 0.717) is 18.6 Å². The fourth-order valence-electron chi connectivity index (χ4n) is 1.81. The Morgan fingerprint density at radius 3 is 2.75 bits per heavy atom. The first kappa shape index (κ1) is 15.8. The lowest BCUT2D eigenvalue weighted by molar-refractivity contribution is -0.141. The van der Waals surface area contributed by atoms with Crippen molar-refractivity contribution in [3.63, 3.8) is 0 Å². The van der Waals surface area contributed by atoms with Crippen molar-refractivity contribution in [2.75, 3.05) is 7.11 Å². The normalized spacial score (nSPS) is 11.4. The molecule has 1 unspecified atom stereocenters. The maximum atomic E-state index is 11.9. The van der Waals surface area contributed by atoms with Crippen LogP contribution >= 0.6 is 0 Å². The van der Waals surface area contributed by atoms with Crippen LogP contribution in [0, 0.1) is 0 Å². The molecule has 2 N–H and O–H groups in total. The van der Waals surface area contributed by atoms with Crippen LogP contribution in [-0.4, -0.2) is 30.1 Å². The van der Waals surface area contributed by atoms with E-state index in [4.69, 9.17) is 9.84 Å². The van der Waals surface area contributed by atoms with Crippen LogP contribution in [0.25, 0.3) is 0 Å². The molecule has 0 aliphatic carbocycles. The monoisotopic (exact) mass is 277 g/mol. The minimum absolute atomic E-state index is 0.0852. The molecule has 5 heteroatoms. The number of hydrogen-bond acceptors (Lipinski definition) is 3. The largest absolute Gasteiger partial charge is 0.496 e. The highest BCUT2D eigenvalue weighted by Crippen LogP contribution is 2.17. The molecule has 0 saturated carbocycles. The third-order valence-corrected chi connectivity index (χ3v) is 2.84. The first-order chi connectivity index (χ1) is 9.58. The molecule has 0 aromatic heterocycles. The Morgan fingerprint density at radius 2 is 2.15 bits per heavy atom. The van der Waals surface area contributed by atoms with E-state index >= 15 is 0 Å². The number of allylic oxidation sites excluding steroid dienone is 1. The van der Waals surface area contributed by atoms with Crippen LogP contribution in [-0.2, 0) is 16.0 Å². The smallest absolute Gasteiger partial charge is 0.326 e. The Balaban J connectivity index is 2.65. The highest BCUT2D eigenvalue weighted by molar-refractivity contribution is 5.85. The Labute approximate surface area is 118 Å². The number of para-hydroxylation sites is 1. The van der Waals surface area contributed by atoms with Gasteiger partial charge in [-0.1, -0.05) is 24.3 Å². The average molecular weight is 277 g/mol. The van der Waals surface area contributed by atoms with Crippen molar-refractivity contribution in [2.24, 2.45) is 0 Å². The van der Waals surface area contributed by atoms with Crippen molar-refractivity contribution >= 4 is 11.9 Å². The van der Waals surface area contributed by atoms with E-state index in [1.54, 1.807) is 24.3 Å². The molecule has 0 radical (unpaired) electrons. The second-order valence-corrected chi connectivity index (χ2v) is 4.31. The second-order valence-electron chi connectivity index (χ2n) is 4.31. The molecule has 108 valence electrons. The number of methoxy groups -OCH3 is 1. The van der Waals surface area contributed by atoms with Crippen molar-refractivity contribution in [1.29, 1.82) is 0 Å². The SMILES string of the molecule is C=CCCC(NC(=O)Cc1ccccc1OC)C(=O)O. The quantitative estimate of drug-likeness (QED) is 0.710. The molecule has 0 aliphatic heterocycles. The van der Waals surface area contributed by atoms with Gasteiger partial charge in [-0.05, 0) is 18.9 Å². The lowest BCUT2D eigenvalue weighted by atomic mass is 10.1. The van der Waals surface area contributed by atoms with Gasteiger partial charge in [0.05, 0.1) is 13.5 Å². The average Bonchev–Trinajstić information content (AvgIpc) is 2.43. The number of carboxylic acids is 1. The first-order valence-corrected chi connectivity index (χ1v) is 6.33. The Kier molecular flexibility index (Phi) is 6.29. The molecule has 0 heterocycles. The van der Waals surface area contributed by atoms with Crippen molar-refractivity contribution < 1.29 is 19.4 Å². The lowest BCUT2D eigenvalue weighted by Gasteiger charge is -2.14. The molecule has 1 aromatic carbocycles. The highest BCUT2D eigenvalue weighted by atomic mass is 16.5. The third kappa shape index (κ3) is 4.76. The van der Waals surface area contributed by atoms with Gasteiger partial charge in [0, 0.05) is 5.56 Å². The van der Waals surface area contributed by atoms with Crippen molar-refractivity contribution in [2.45, 2.75) is 25.3 Å². The number of benzene rings is 1. The molecule has 1 aromatic rings. The summed E-state index contributed by atoms with van der Waals surface area (Å²) in [7, 11) is 1.53. The van der Waals surface area contributed by atoms with E-state index in [9.17, 15) is 9.59 Å². The van der Waals surface area contributed by atoms with Crippen LogP contribution < -0.4 is 10.1 Å². The summed E-state index contributed by atoms with van der Waals surface area (Å²) < 4.78 is 5.15. The van der Waals surface area contributed by atoms with Gasteiger partial charge in [-0.2, -0.15) is 0 Å². The summed E-state index contributed by atoms with van der Waals surface area (Å²) >= 11 is 0. The van der Waals surface area contributed by atoms with E-state index < -0.39 is 12.0 Å². The van der Waals surface area contributed by atoms with Crippen LogP contribution in [0.5, 0.6) is 5.75 Å². The maximum Gasteiger partial charge on any atom is 0.326 e. The van der Waals surface area contributed by atoms with Crippen molar-refractivity contribution in [3.05, 3.63) is 42.5 Å². The first-order valence-electron chi connectivity index (χ1n) is 6.33. The number of nitrogens with one attached hydrogen (secondary N) is 1. The van der Waals surface area contributed by atoms with E-state index in [1.165, 1.54) is 7.11 Å². The Morgan fingerprint density at radius 1 is 1.45 bits per heavy atom. The molecule has 0 fully saturated rings. The zero-order chi connectivity index (χ0) is 15.0. The summed E-state index contributed by atoms with van der Waals surface area (Å²) in [6, 6.07) is 6.25. The van der Waals surface area contributed by atoms with Crippen LogP contribution in [0.1, 0.15) is 18.4 Å². The van der Waals surface area contributed by atoms with Crippen molar-refractivity contribution in [3.8, 4) is 5.75 Å². The molecule has 1 rings (SSSR count). The van der Waals surface area contributed by atoms with Gasteiger partial charge in [-0.3, -0.25) is 4.79 Å². The standard InChI is InChI=1S/C15H19NO4/c1-3-4-8-12(15(18)19)16-14(17)10-11-7-5-6-9-13(11)20-2/h3,5-7,9,12H,1,4,8,10H2,2H3,(H,16,17)(H,18,19). The minimum atomic E-state index is -1.04. The van der Waals surface area contributed by atoms with Crippen LogP contribution in [0.15, 0.2) is 36.9 Å². The molecule has 0 saturated heterocycles. The number of carbonyl (C=O) groups excluding carboxylic acids is 1. The fourth-order valence-corrected chi connectivity index (χ4v) is 1.81. The summed E-state index contributed by atoms with van der Waals surface area (Å²) in [5, 5.41) is 11.6. The van der Waals surface area contributed by atoms with Gasteiger partial charge in [-0.25, -0.2) is 4.79 Å². The summed E-state index contributed by atoms with van der Waals surface area (Å²) in [6.07, 6.45) is 2.58. The number of aliphatic carboxylic acids is 1. The second kappa shape index (κ2) is 7.99. The number of ether oxygens (including phenoxy) is 1. The van der Waals surface area contributed by atoms with Gasteiger partial charge in [0.25, 0.3) is 0 Å². The van der Waals surface area contributed by atoms with Gasteiger partial charge in [0.15, 0.2) is 0 Å². The molecule has 0 aliphatic rings. The molecule has 0 spiro atoms. The van der Waals surface area contributed by atoms with Gasteiger partial charge >= 0.3 is 5.97 Å². The summed E-state index contributed by atoms with van der Waals surface area (Å²) in [5.41, 5.74) is 0.723. The topological polar surface area (TPSA) is 75.6 Å². The Hall–Kier alpha value is -2.30.